The van der Waals surface area contributed by atoms with Crippen LogP contribution in [0.4, 0.5) is 0 Å². The quantitative estimate of drug-likeness (QED) is 0.532. The van der Waals surface area contributed by atoms with Crippen molar-refractivity contribution >= 4 is 34.5 Å². The zero-order valence-corrected chi connectivity index (χ0v) is 15.7. The van der Waals surface area contributed by atoms with Crippen LogP contribution in [0, 0.1) is 3.57 Å². The van der Waals surface area contributed by atoms with Crippen molar-refractivity contribution in [2.75, 3.05) is 6.61 Å². The van der Waals surface area contributed by atoms with Crippen LogP contribution in [-0.2, 0) is 16.0 Å². The molecule has 0 aliphatic carbocycles. The number of amides is 1. The number of ether oxygens (including phenoxy) is 1. The molecule has 1 N–H and O–H groups in total. The van der Waals surface area contributed by atoms with Crippen LogP contribution in [0.5, 0.6) is 0 Å². The largest absolute Gasteiger partial charge is 0.452 e. The molecule has 0 aliphatic rings. The molecule has 4 nitrogen and oxygen atoms in total. The minimum atomic E-state index is -0.480. The summed E-state index contributed by atoms with van der Waals surface area (Å²) in [6, 6.07) is 17.3. The molecule has 1 amide bonds. The van der Waals surface area contributed by atoms with E-state index in [2.05, 4.69) is 40.0 Å². The molecular weight excluding hydrogens is 417 g/mol. The zero-order valence-electron chi connectivity index (χ0n) is 13.5. The zero-order chi connectivity index (χ0) is 17.4. The van der Waals surface area contributed by atoms with Crippen molar-refractivity contribution in [3.63, 3.8) is 0 Å². The summed E-state index contributed by atoms with van der Waals surface area (Å²) in [6.45, 7) is 1.68. The fourth-order valence-corrected chi connectivity index (χ4v) is 2.86. The van der Waals surface area contributed by atoms with E-state index in [0.29, 0.717) is 5.56 Å². The average Bonchev–Trinajstić information content (AvgIpc) is 2.59. The van der Waals surface area contributed by atoms with Crippen LogP contribution in [0.25, 0.3) is 0 Å². The Labute approximate surface area is 155 Å². The summed E-state index contributed by atoms with van der Waals surface area (Å²) in [4.78, 5) is 23.9. The number of aryl methyl sites for hydroxylation is 1. The first-order valence-corrected chi connectivity index (χ1v) is 8.89. The SMILES string of the molecule is C[C@@H](CCc1ccccc1)NC(=O)COC(=O)c1ccccc1I. The van der Waals surface area contributed by atoms with Crippen LogP contribution in [0.15, 0.2) is 54.6 Å². The minimum absolute atomic E-state index is 0.0215. The lowest BCUT2D eigenvalue weighted by atomic mass is 10.1. The lowest BCUT2D eigenvalue weighted by Gasteiger charge is -2.14. The molecule has 0 radical (unpaired) electrons. The van der Waals surface area contributed by atoms with Gasteiger partial charge in [0.05, 0.1) is 5.56 Å². The Balaban J connectivity index is 1.72. The predicted octanol–water partition coefficient (Wildman–Crippen LogP) is 3.59. The second-order valence-electron chi connectivity index (χ2n) is 5.55. The summed E-state index contributed by atoms with van der Waals surface area (Å²) in [6.07, 6.45) is 1.73. The van der Waals surface area contributed by atoms with Gasteiger partial charge >= 0.3 is 5.97 Å². The van der Waals surface area contributed by atoms with E-state index in [1.165, 1.54) is 5.56 Å². The van der Waals surface area contributed by atoms with Gasteiger partial charge in [-0.25, -0.2) is 4.79 Å². The van der Waals surface area contributed by atoms with E-state index in [9.17, 15) is 9.59 Å². The molecule has 2 aromatic carbocycles. The first-order valence-electron chi connectivity index (χ1n) is 7.81. The van der Waals surface area contributed by atoms with E-state index in [4.69, 9.17) is 4.74 Å². The third-order valence-corrected chi connectivity index (χ3v) is 4.49. The standard InChI is InChI=1S/C19H20INO3/c1-14(11-12-15-7-3-2-4-8-15)21-18(22)13-24-19(23)16-9-5-6-10-17(16)20/h2-10,14H,11-13H2,1H3,(H,21,22)/t14-/m0/s1. The lowest BCUT2D eigenvalue weighted by Crippen LogP contribution is -2.36. The smallest absolute Gasteiger partial charge is 0.339 e. The van der Waals surface area contributed by atoms with Crippen LogP contribution in [0.1, 0.15) is 29.3 Å². The first kappa shape index (κ1) is 18.4. The maximum absolute atomic E-state index is 12.0. The maximum Gasteiger partial charge on any atom is 0.339 e. The summed E-state index contributed by atoms with van der Waals surface area (Å²) < 4.78 is 5.88. The minimum Gasteiger partial charge on any atom is -0.452 e. The van der Waals surface area contributed by atoms with E-state index < -0.39 is 5.97 Å². The number of hydrogen-bond donors (Lipinski definition) is 1. The first-order chi connectivity index (χ1) is 11.6. The van der Waals surface area contributed by atoms with Gasteiger partial charge in [-0.05, 0) is 60.1 Å². The molecule has 24 heavy (non-hydrogen) atoms. The number of nitrogens with one attached hydrogen (secondary N) is 1. The Morgan fingerprint density at radius 1 is 1.08 bits per heavy atom. The van der Waals surface area contributed by atoms with Crippen LogP contribution in [-0.4, -0.2) is 24.5 Å². The van der Waals surface area contributed by atoms with Crippen LogP contribution >= 0.6 is 22.6 Å². The summed E-state index contributed by atoms with van der Waals surface area (Å²) in [5.74, 6) is -0.762. The Hall–Kier alpha value is -1.89. The van der Waals surface area contributed by atoms with Crippen molar-refractivity contribution < 1.29 is 14.3 Å². The third-order valence-electron chi connectivity index (χ3n) is 3.54. The van der Waals surface area contributed by atoms with Gasteiger partial charge < -0.3 is 10.1 Å². The highest BCUT2D eigenvalue weighted by Crippen LogP contribution is 2.12. The fourth-order valence-electron chi connectivity index (χ4n) is 2.25. The van der Waals surface area contributed by atoms with Gasteiger partial charge in [-0.2, -0.15) is 0 Å². The van der Waals surface area contributed by atoms with E-state index in [1.807, 2.05) is 37.3 Å². The number of rotatable bonds is 7. The number of carbonyl (C=O) groups excluding carboxylic acids is 2. The molecule has 0 aliphatic heterocycles. The van der Waals surface area contributed by atoms with E-state index >= 15 is 0 Å². The van der Waals surface area contributed by atoms with Crippen LogP contribution < -0.4 is 5.32 Å². The molecule has 0 heterocycles. The van der Waals surface area contributed by atoms with Crippen LogP contribution in [0.2, 0.25) is 0 Å². The Morgan fingerprint density at radius 2 is 1.75 bits per heavy atom. The van der Waals surface area contributed by atoms with E-state index in [-0.39, 0.29) is 18.6 Å². The highest BCUT2D eigenvalue weighted by Gasteiger charge is 2.14. The van der Waals surface area contributed by atoms with Crippen LogP contribution in [0.3, 0.4) is 0 Å². The van der Waals surface area contributed by atoms with E-state index in [1.54, 1.807) is 12.1 Å². The maximum atomic E-state index is 12.0. The summed E-state index contributed by atoms with van der Waals surface area (Å²) in [5, 5.41) is 2.85. The molecule has 0 bridgehead atoms. The average molecular weight is 437 g/mol. The highest BCUT2D eigenvalue weighted by atomic mass is 127. The highest BCUT2D eigenvalue weighted by molar-refractivity contribution is 14.1. The van der Waals surface area contributed by atoms with Gasteiger partial charge in [0.15, 0.2) is 6.61 Å². The summed E-state index contributed by atoms with van der Waals surface area (Å²) in [7, 11) is 0. The Morgan fingerprint density at radius 3 is 2.46 bits per heavy atom. The molecule has 2 rings (SSSR count). The molecular formula is C19H20INO3. The second-order valence-corrected chi connectivity index (χ2v) is 6.71. The number of halogens is 1. The van der Waals surface area contributed by atoms with Crippen molar-refractivity contribution in [1.82, 2.24) is 5.32 Å². The van der Waals surface area contributed by atoms with Gasteiger partial charge in [0.25, 0.3) is 5.91 Å². The predicted molar refractivity (Wildman–Crippen MR) is 102 cm³/mol. The van der Waals surface area contributed by atoms with E-state index in [0.717, 1.165) is 16.4 Å². The third kappa shape index (κ3) is 5.96. The van der Waals surface area contributed by atoms with Gasteiger partial charge in [0.2, 0.25) is 0 Å². The summed E-state index contributed by atoms with van der Waals surface area (Å²) >= 11 is 2.07. The molecule has 5 heteroatoms. The molecule has 0 aromatic heterocycles. The molecule has 0 unspecified atom stereocenters. The molecule has 0 saturated carbocycles. The van der Waals surface area contributed by atoms with Gasteiger partial charge in [0.1, 0.15) is 0 Å². The Kier molecular flexibility index (Phi) is 7.24. The topological polar surface area (TPSA) is 55.4 Å². The molecule has 2 aromatic rings. The molecule has 0 spiro atoms. The number of carbonyl (C=O) groups is 2. The lowest BCUT2D eigenvalue weighted by molar-refractivity contribution is -0.124. The molecule has 0 saturated heterocycles. The van der Waals surface area contributed by atoms with Crippen molar-refractivity contribution in [1.29, 1.82) is 0 Å². The number of benzene rings is 2. The molecule has 0 fully saturated rings. The monoisotopic (exact) mass is 437 g/mol. The normalized spacial score (nSPS) is 11.6. The second kappa shape index (κ2) is 9.42. The van der Waals surface area contributed by atoms with Crippen molar-refractivity contribution in [2.45, 2.75) is 25.8 Å². The van der Waals surface area contributed by atoms with Crippen molar-refractivity contribution in [3.05, 3.63) is 69.3 Å². The van der Waals surface area contributed by atoms with Crippen molar-refractivity contribution in [2.24, 2.45) is 0 Å². The van der Waals surface area contributed by atoms with Gasteiger partial charge in [-0.1, -0.05) is 42.5 Å². The molecule has 1 atom stereocenters. The number of hydrogen-bond acceptors (Lipinski definition) is 3. The fraction of sp³-hybridized carbons (Fsp3) is 0.263. The Bertz CT molecular complexity index is 688. The van der Waals surface area contributed by atoms with Gasteiger partial charge in [-0.3, -0.25) is 4.79 Å². The molecule has 126 valence electrons. The van der Waals surface area contributed by atoms with Gasteiger partial charge in [0, 0.05) is 9.61 Å². The summed E-state index contributed by atoms with van der Waals surface area (Å²) in [5.41, 5.74) is 1.71. The van der Waals surface area contributed by atoms with Crippen molar-refractivity contribution in [3.8, 4) is 0 Å². The number of esters is 1. The van der Waals surface area contributed by atoms with Gasteiger partial charge in [-0.15, -0.1) is 0 Å².